The topological polar surface area (TPSA) is 80.4 Å². The molecule has 3 rings (SSSR count). The van der Waals surface area contributed by atoms with Gasteiger partial charge < -0.3 is 5.11 Å². The standard InChI is InChI=1S/C12H7BrN4O2S/c13-7-5-8(11(18)19)10(14-6-7)20-12-16-15-9-3-1-2-4-17(9)12/h1-6H,(H,18,19). The summed E-state index contributed by atoms with van der Waals surface area (Å²) in [5, 5.41) is 18.2. The predicted molar refractivity (Wildman–Crippen MR) is 76.0 cm³/mol. The van der Waals surface area contributed by atoms with Gasteiger partial charge in [-0.2, -0.15) is 0 Å². The van der Waals surface area contributed by atoms with Crippen molar-refractivity contribution in [1.82, 2.24) is 19.6 Å². The van der Waals surface area contributed by atoms with Crippen LogP contribution in [0.15, 0.2) is 51.3 Å². The van der Waals surface area contributed by atoms with Crippen LogP contribution in [0.25, 0.3) is 5.65 Å². The van der Waals surface area contributed by atoms with Crippen LogP contribution < -0.4 is 0 Å². The molecule has 0 saturated heterocycles. The summed E-state index contributed by atoms with van der Waals surface area (Å²) in [7, 11) is 0. The maximum absolute atomic E-state index is 11.2. The molecule has 8 heteroatoms. The molecule has 1 N–H and O–H groups in total. The van der Waals surface area contributed by atoms with E-state index in [9.17, 15) is 9.90 Å². The minimum atomic E-state index is -1.03. The van der Waals surface area contributed by atoms with E-state index in [4.69, 9.17) is 0 Å². The largest absolute Gasteiger partial charge is 0.478 e. The number of aromatic nitrogens is 4. The molecule has 0 fully saturated rings. The monoisotopic (exact) mass is 350 g/mol. The van der Waals surface area contributed by atoms with Crippen molar-refractivity contribution in [3.05, 3.63) is 46.7 Å². The highest BCUT2D eigenvalue weighted by molar-refractivity contribution is 9.10. The highest BCUT2D eigenvalue weighted by Gasteiger charge is 2.16. The molecule has 20 heavy (non-hydrogen) atoms. The van der Waals surface area contributed by atoms with Crippen LogP contribution in [0.3, 0.4) is 0 Å². The molecular weight excluding hydrogens is 344 g/mol. The Morgan fingerprint density at radius 3 is 3.00 bits per heavy atom. The zero-order valence-corrected chi connectivity index (χ0v) is 12.3. The van der Waals surface area contributed by atoms with Gasteiger partial charge >= 0.3 is 5.97 Å². The lowest BCUT2D eigenvalue weighted by Gasteiger charge is -2.04. The molecular formula is C12H7BrN4O2S. The van der Waals surface area contributed by atoms with E-state index >= 15 is 0 Å². The molecule has 0 aliphatic rings. The summed E-state index contributed by atoms with van der Waals surface area (Å²) in [6, 6.07) is 7.05. The van der Waals surface area contributed by atoms with Gasteiger partial charge in [0.15, 0.2) is 5.65 Å². The van der Waals surface area contributed by atoms with Crippen LogP contribution >= 0.6 is 27.7 Å². The Morgan fingerprint density at radius 1 is 1.35 bits per heavy atom. The maximum atomic E-state index is 11.2. The van der Waals surface area contributed by atoms with E-state index in [2.05, 4.69) is 31.1 Å². The SMILES string of the molecule is O=C(O)c1cc(Br)cnc1Sc1nnc2ccccn12. The number of fused-ring (bicyclic) bond motifs is 1. The number of carboxylic acid groups (broad SMARTS) is 1. The van der Waals surface area contributed by atoms with Crippen molar-refractivity contribution in [3.63, 3.8) is 0 Å². The first-order valence-corrected chi connectivity index (χ1v) is 7.12. The quantitative estimate of drug-likeness (QED) is 0.782. The molecule has 0 unspecified atom stereocenters. The summed E-state index contributed by atoms with van der Waals surface area (Å²) in [5.41, 5.74) is 0.820. The van der Waals surface area contributed by atoms with E-state index in [1.165, 1.54) is 6.07 Å². The van der Waals surface area contributed by atoms with Gasteiger partial charge in [-0.3, -0.25) is 4.40 Å². The lowest BCUT2D eigenvalue weighted by atomic mass is 10.3. The zero-order chi connectivity index (χ0) is 14.1. The highest BCUT2D eigenvalue weighted by atomic mass is 79.9. The van der Waals surface area contributed by atoms with Crippen LogP contribution in [0.5, 0.6) is 0 Å². The molecule has 0 radical (unpaired) electrons. The number of carboxylic acids is 1. The van der Waals surface area contributed by atoms with Crippen LogP contribution in [0.1, 0.15) is 10.4 Å². The first kappa shape index (κ1) is 13.1. The first-order chi connectivity index (χ1) is 9.65. The predicted octanol–water partition coefficient (Wildman–Crippen LogP) is 2.74. The minimum Gasteiger partial charge on any atom is -0.478 e. The average molecular weight is 351 g/mol. The Morgan fingerprint density at radius 2 is 2.20 bits per heavy atom. The number of carbonyl (C=O) groups is 1. The number of pyridine rings is 2. The summed E-state index contributed by atoms with van der Waals surface area (Å²) in [5.74, 6) is -1.03. The van der Waals surface area contributed by atoms with Crippen LogP contribution in [-0.2, 0) is 0 Å². The molecule has 0 amide bonds. The molecule has 3 heterocycles. The lowest BCUT2D eigenvalue weighted by Crippen LogP contribution is -2.01. The van der Waals surface area contributed by atoms with E-state index in [0.717, 1.165) is 11.8 Å². The minimum absolute atomic E-state index is 0.122. The number of halogens is 1. The molecule has 0 aliphatic carbocycles. The third-order valence-electron chi connectivity index (χ3n) is 2.52. The van der Waals surface area contributed by atoms with Gasteiger partial charge in [0.05, 0.1) is 5.56 Å². The summed E-state index contributed by atoms with van der Waals surface area (Å²) in [4.78, 5) is 15.4. The fourth-order valence-electron chi connectivity index (χ4n) is 1.64. The van der Waals surface area contributed by atoms with Crippen LogP contribution in [0.2, 0.25) is 0 Å². The normalized spacial score (nSPS) is 10.8. The van der Waals surface area contributed by atoms with E-state index in [0.29, 0.717) is 20.3 Å². The van der Waals surface area contributed by atoms with Gasteiger partial charge in [-0.25, -0.2) is 9.78 Å². The third kappa shape index (κ3) is 2.39. The van der Waals surface area contributed by atoms with Gasteiger partial charge in [0.1, 0.15) is 5.03 Å². The third-order valence-corrected chi connectivity index (χ3v) is 3.93. The Bertz CT molecular complexity index is 805. The van der Waals surface area contributed by atoms with E-state index < -0.39 is 5.97 Å². The summed E-state index contributed by atoms with van der Waals surface area (Å²) in [6.45, 7) is 0. The van der Waals surface area contributed by atoms with Crippen LogP contribution in [0, 0.1) is 0 Å². The number of nitrogens with zero attached hydrogens (tertiary/aromatic N) is 4. The van der Waals surface area contributed by atoms with E-state index in [1.807, 2.05) is 24.4 Å². The second kappa shape index (κ2) is 5.22. The van der Waals surface area contributed by atoms with Crippen molar-refractivity contribution in [2.75, 3.05) is 0 Å². The molecule has 3 aromatic heterocycles. The Hall–Kier alpha value is -1.93. The molecule has 0 saturated carbocycles. The zero-order valence-electron chi connectivity index (χ0n) is 9.89. The van der Waals surface area contributed by atoms with Gasteiger partial charge in [-0.1, -0.05) is 6.07 Å². The summed E-state index contributed by atoms with van der Waals surface area (Å²) in [6.07, 6.45) is 3.37. The molecule has 100 valence electrons. The van der Waals surface area contributed by atoms with Gasteiger partial charge in [-0.15, -0.1) is 10.2 Å². The molecule has 0 aliphatic heterocycles. The van der Waals surface area contributed by atoms with E-state index in [-0.39, 0.29) is 5.56 Å². The van der Waals surface area contributed by atoms with Crippen molar-refractivity contribution in [2.45, 2.75) is 10.2 Å². The molecule has 0 bridgehead atoms. The van der Waals surface area contributed by atoms with E-state index in [1.54, 1.807) is 10.6 Å². The second-order valence-corrected chi connectivity index (χ2v) is 5.70. The van der Waals surface area contributed by atoms with Crippen molar-refractivity contribution in [3.8, 4) is 0 Å². The number of hydrogen-bond acceptors (Lipinski definition) is 5. The van der Waals surface area contributed by atoms with Crippen molar-refractivity contribution < 1.29 is 9.90 Å². The number of rotatable bonds is 3. The fraction of sp³-hybridized carbons (Fsp3) is 0. The second-order valence-electron chi connectivity index (χ2n) is 3.82. The maximum Gasteiger partial charge on any atom is 0.338 e. The summed E-state index contributed by atoms with van der Waals surface area (Å²) >= 11 is 4.38. The van der Waals surface area contributed by atoms with Gasteiger partial charge in [0.25, 0.3) is 0 Å². The van der Waals surface area contributed by atoms with Gasteiger partial charge in [0, 0.05) is 16.9 Å². The lowest BCUT2D eigenvalue weighted by molar-refractivity contribution is 0.0692. The van der Waals surface area contributed by atoms with Crippen molar-refractivity contribution in [2.24, 2.45) is 0 Å². The average Bonchev–Trinajstić information content (AvgIpc) is 2.84. The van der Waals surface area contributed by atoms with Crippen molar-refractivity contribution in [1.29, 1.82) is 0 Å². The van der Waals surface area contributed by atoms with Crippen LogP contribution in [0.4, 0.5) is 0 Å². The molecule has 6 nitrogen and oxygen atoms in total. The number of aromatic carboxylic acids is 1. The van der Waals surface area contributed by atoms with Gasteiger partial charge in [0.2, 0.25) is 5.16 Å². The smallest absolute Gasteiger partial charge is 0.338 e. The highest BCUT2D eigenvalue weighted by Crippen LogP contribution is 2.29. The summed E-state index contributed by atoms with van der Waals surface area (Å²) < 4.78 is 2.39. The van der Waals surface area contributed by atoms with Crippen LogP contribution in [-0.4, -0.2) is 30.7 Å². The molecule has 0 atom stereocenters. The Kier molecular flexibility index (Phi) is 3.41. The van der Waals surface area contributed by atoms with Gasteiger partial charge in [-0.05, 0) is 45.9 Å². The first-order valence-electron chi connectivity index (χ1n) is 5.51. The Labute approximate surface area is 126 Å². The van der Waals surface area contributed by atoms with Crippen molar-refractivity contribution >= 4 is 39.3 Å². The Balaban J connectivity index is 2.05. The molecule has 0 spiro atoms. The number of hydrogen-bond donors (Lipinski definition) is 1. The molecule has 3 aromatic rings. The fourth-order valence-corrected chi connectivity index (χ4v) is 2.84. The molecule has 0 aromatic carbocycles.